The molecule has 80 valence electrons. The molecule has 1 aliphatic rings. The molecule has 0 amide bonds. The summed E-state index contributed by atoms with van der Waals surface area (Å²) < 4.78 is 4.41. The van der Waals surface area contributed by atoms with Crippen LogP contribution < -0.4 is 0 Å². The van der Waals surface area contributed by atoms with E-state index in [0.29, 0.717) is 12.8 Å². The lowest BCUT2D eigenvalue weighted by molar-refractivity contribution is -0.145. The van der Waals surface area contributed by atoms with Crippen molar-refractivity contribution >= 4 is 11.8 Å². The third-order valence-electron chi connectivity index (χ3n) is 2.69. The fourth-order valence-corrected chi connectivity index (χ4v) is 1.83. The number of hydrogen-bond acceptors (Lipinski definition) is 4. The highest BCUT2D eigenvalue weighted by atomic mass is 16.5. The van der Waals surface area contributed by atoms with Gasteiger partial charge in [0, 0.05) is 5.92 Å². The van der Waals surface area contributed by atoms with Crippen molar-refractivity contribution in [2.75, 3.05) is 7.11 Å². The average molecular weight is 200 g/mol. The van der Waals surface area contributed by atoms with Gasteiger partial charge in [0.2, 0.25) is 0 Å². The number of rotatable bonds is 3. The van der Waals surface area contributed by atoms with Crippen LogP contribution in [0.25, 0.3) is 0 Å². The molecule has 0 aliphatic heterocycles. The quantitative estimate of drug-likeness (QED) is 0.537. The molecule has 0 saturated heterocycles. The molecule has 0 radical (unpaired) electrons. The average Bonchev–Trinajstić information content (AvgIpc) is 2.18. The van der Waals surface area contributed by atoms with Gasteiger partial charge in [0.15, 0.2) is 0 Å². The number of methoxy groups -OCH3 is 1. The number of carbonyl (C=O) groups excluding carboxylic acids is 2. The van der Waals surface area contributed by atoms with E-state index in [1.807, 2.05) is 0 Å². The van der Waals surface area contributed by atoms with E-state index in [9.17, 15) is 14.7 Å². The summed E-state index contributed by atoms with van der Waals surface area (Å²) >= 11 is 0. The van der Waals surface area contributed by atoms with Gasteiger partial charge in [0.05, 0.1) is 13.2 Å². The highest BCUT2D eigenvalue weighted by Gasteiger charge is 2.30. The van der Waals surface area contributed by atoms with Gasteiger partial charge in [-0.05, 0) is 12.8 Å². The number of hydrogen-bond donors (Lipinski definition) is 1. The molecule has 1 rings (SSSR count). The third-order valence-corrected chi connectivity index (χ3v) is 2.69. The lowest BCUT2D eigenvalue weighted by Gasteiger charge is -2.25. The smallest absolute Gasteiger partial charge is 0.313 e. The first-order valence-electron chi connectivity index (χ1n) is 4.92. The number of carbonyl (C=O) groups is 2. The molecule has 0 unspecified atom stereocenters. The maximum atomic E-state index is 11.5. The molecular formula is C10H16O4. The molecule has 4 nitrogen and oxygen atoms in total. The summed E-state index contributed by atoms with van der Waals surface area (Å²) in [5, 5.41) is 9.55. The van der Waals surface area contributed by atoms with Gasteiger partial charge in [-0.1, -0.05) is 12.8 Å². The van der Waals surface area contributed by atoms with Crippen molar-refractivity contribution in [3.8, 4) is 0 Å². The first kappa shape index (κ1) is 11.2. The van der Waals surface area contributed by atoms with Gasteiger partial charge >= 0.3 is 5.97 Å². The monoisotopic (exact) mass is 200 g/mol. The molecule has 14 heavy (non-hydrogen) atoms. The number of aliphatic hydroxyl groups excluding tert-OH is 1. The van der Waals surface area contributed by atoms with Crippen molar-refractivity contribution in [3.63, 3.8) is 0 Å². The molecule has 0 aromatic rings. The lowest BCUT2D eigenvalue weighted by Crippen LogP contribution is -2.32. The van der Waals surface area contributed by atoms with E-state index in [-0.39, 0.29) is 18.1 Å². The second-order valence-corrected chi connectivity index (χ2v) is 3.68. The van der Waals surface area contributed by atoms with Gasteiger partial charge in [-0.2, -0.15) is 0 Å². The van der Waals surface area contributed by atoms with E-state index in [4.69, 9.17) is 0 Å². The minimum atomic E-state index is -0.569. The number of ether oxygens (including phenoxy) is 1. The first-order chi connectivity index (χ1) is 6.65. The van der Waals surface area contributed by atoms with Gasteiger partial charge < -0.3 is 9.84 Å². The Morgan fingerprint density at radius 2 is 2.00 bits per heavy atom. The molecule has 0 aromatic carbocycles. The van der Waals surface area contributed by atoms with Gasteiger partial charge in [0.1, 0.15) is 12.2 Å². The Hall–Kier alpha value is -0.900. The maximum Gasteiger partial charge on any atom is 0.313 e. The summed E-state index contributed by atoms with van der Waals surface area (Å²) in [5.41, 5.74) is 0. The summed E-state index contributed by atoms with van der Waals surface area (Å²) in [6.45, 7) is 0. The van der Waals surface area contributed by atoms with Gasteiger partial charge in [-0.3, -0.25) is 9.59 Å². The largest absolute Gasteiger partial charge is 0.469 e. The highest BCUT2D eigenvalue weighted by Crippen LogP contribution is 2.25. The molecule has 0 aromatic heterocycles. The molecule has 0 bridgehead atoms. The first-order valence-corrected chi connectivity index (χ1v) is 4.92. The highest BCUT2D eigenvalue weighted by molar-refractivity contribution is 5.97. The van der Waals surface area contributed by atoms with Crippen LogP contribution in [0.1, 0.15) is 32.1 Å². The summed E-state index contributed by atoms with van der Waals surface area (Å²) in [7, 11) is 1.26. The van der Waals surface area contributed by atoms with E-state index in [1.165, 1.54) is 7.11 Å². The van der Waals surface area contributed by atoms with Crippen LogP contribution in [-0.4, -0.2) is 30.1 Å². The van der Waals surface area contributed by atoms with Crippen molar-refractivity contribution < 1.29 is 19.4 Å². The van der Waals surface area contributed by atoms with Gasteiger partial charge in [-0.25, -0.2) is 0 Å². The molecule has 2 atom stereocenters. The Labute approximate surface area is 83.2 Å². The zero-order valence-corrected chi connectivity index (χ0v) is 8.36. The molecule has 0 heterocycles. The van der Waals surface area contributed by atoms with E-state index in [1.54, 1.807) is 0 Å². The number of Topliss-reactive ketones (excluding diaryl/α,β-unsaturated/α-hetero) is 1. The Kier molecular flexibility index (Phi) is 4.07. The zero-order chi connectivity index (χ0) is 10.6. The summed E-state index contributed by atoms with van der Waals surface area (Å²) in [6.07, 6.45) is 2.49. The summed E-state index contributed by atoms with van der Waals surface area (Å²) in [6, 6.07) is 0. The van der Waals surface area contributed by atoms with Crippen molar-refractivity contribution in [3.05, 3.63) is 0 Å². The predicted molar refractivity (Wildman–Crippen MR) is 49.6 cm³/mol. The van der Waals surface area contributed by atoms with Gasteiger partial charge in [-0.15, -0.1) is 0 Å². The fourth-order valence-electron chi connectivity index (χ4n) is 1.83. The van der Waals surface area contributed by atoms with E-state index >= 15 is 0 Å². The molecule has 0 spiro atoms. The molecule has 1 aliphatic carbocycles. The second-order valence-electron chi connectivity index (χ2n) is 3.68. The van der Waals surface area contributed by atoms with Crippen LogP contribution >= 0.6 is 0 Å². The van der Waals surface area contributed by atoms with Crippen molar-refractivity contribution in [2.45, 2.75) is 38.2 Å². The minimum Gasteiger partial charge on any atom is -0.469 e. The summed E-state index contributed by atoms with van der Waals surface area (Å²) in [4.78, 5) is 22.4. The van der Waals surface area contributed by atoms with E-state index in [2.05, 4.69) is 4.74 Å². The maximum absolute atomic E-state index is 11.5. The predicted octanol–water partition coefficient (Wildman–Crippen LogP) is 0.670. The minimum absolute atomic E-state index is 0.191. The van der Waals surface area contributed by atoms with Crippen LogP contribution in [-0.2, 0) is 14.3 Å². The molecule has 4 heteroatoms. The van der Waals surface area contributed by atoms with Crippen LogP contribution in [0.5, 0.6) is 0 Å². The van der Waals surface area contributed by atoms with Crippen LogP contribution in [0.15, 0.2) is 0 Å². The number of esters is 1. The topological polar surface area (TPSA) is 63.6 Å². The van der Waals surface area contributed by atoms with Crippen molar-refractivity contribution in [1.29, 1.82) is 0 Å². The molecule has 1 N–H and O–H groups in total. The summed E-state index contributed by atoms with van der Waals surface area (Å²) in [5.74, 6) is -1.07. The SMILES string of the molecule is COC(=O)CC(=O)[C@H]1CCCC[C@@H]1O. The van der Waals surface area contributed by atoms with Crippen molar-refractivity contribution in [2.24, 2.45) is 5.92 Å². The fraction of sp³-hybridized carbons (Fsp3) is 0.800. The molecule has 1 fully saturated rings. The normalized spacial score (nSPS) is 27.0. The van der Waals surface area contributed by atoms with Crippen LogP contribution in [0.2, 0.25) is 0 Å². The standard InChI is InChI=1S/C10H16O4/c1-14-10(13)6-9(12)7-4-2-3-5-8(7)11/h7-8,11H,2-6H2,1H3/t7-,8-/m0/s1. The third kappa shape index (κ3) is 2.80. The van der Waals surface area contributed by atoms with E-state index < -0.39 is 12.1 Å². The Morgan fingerprint density at radius 1 is 1.36 bits per heavy atom. The number of aliphatic hydroxyl groups is 1. The van der Waals surface area contributed by atoms with Crippen LogP contribution in [0.4, 0.5) is 0 Å². The Bertz CT molecular complexity index is 224. The van der Waals surface area contributed by atoms with Crippen molar-refractivity contribution in [1.82, 2.24) is 0 Å². The Balaban J connectivity index is 2.46. The zero-order valence-electron chi connectivity index (χ0n) is 8.36. The second kappa shape index (κ2) is 5.10. The lowest BCUT2D eigenvalue weighted by atomic mass is 9.83. The van der Waals surface area contributed by atoms with Crippen LogP contribution in [0.3, 0.4) is 0 Å². The number of ketones is 1. The Morgan fingerprint density at radius 3 is 2.57 bits per heavy atom. The molecule has 1 saturated carbocycles. The van der Waals surface area contributed by atoms with Gasteiger partial charge in [0.25, 0.3) is 0 Å². The van der Waals surface area contributed by atoms with E-state index in [0.717, 1.165) is 12.8 Å². The van der Waals surface area contributed by atoms with Crippen LogP contribution in [0, 0.1) is 5.92 Å². The molecular weight excluding hydrogens is 184 g/mol.